The molecule has 1 fully saturated rings. The maximum absolute atomic E-state index is 14.5. The van der Waals surface area contributed by atoms with Gasteiger partial charge in [-0.25, -0.2) is 9.59 Å². The van der Waals surface area contributed by atoms with Crippen molar-refractivity contribution in [1.82, 2.24) is 14.9 Å². The highest BCUT2D eigenvalue weighted by atomic mass is 31.2. The van der Waals surface area contributed by atoms with Crippen LogP contribution in [0.2, 0.25) is 0 Å². The minimum Gasteiger partial charge on any atom is -0.497 e. The van der Waals surface area contributed by atoms with Crippen LogP contribution in [0.25, 0.3) is 11.1 Å². The van der Waals surface area contributed by atoms with Crippen molar-refractivity contribution in [3.63, 3.8) is 0 Å². The Hall–Kier alpha value is -6.59. The van der Waals surface area contributed by atoms with Crippen LogP contribution < -0.4 is 26.0 Å². The minimum absolute atomic E-state index is 0.0187. The van der Waals surface area contributed by atoms with Gasteiger partial charge >= 0.3 is 11.8 Å². The van der Waals surface area contributed by atoms with Gasteiger partial charge in [0.2, 0.25) is 0 Å². The molecule has 1 unspecified atom stereocenters. The van der Waals surface area contributed by atoms with Crippen molar-refractivity contribution in [2.75, 3.05) is 34.0 Å². The van der Waals surface area contributed by atoms with Gasteiger partial charge in [-0.1, -0.05) is 131 Å². The fourth-order valence-electron chi connectivity index (χ4n) is 9.82. The lowest BCUT2D eigenvalue weighted by atomic mass is 9.80. The molecule has 1 amide bonds. The van der Waals surface area contributed by atoms with Gasteiger partial charge in [0.05, 0.1) is 39.9 Å². The third-order valence-corrected chi connectivity index (χ3v) is 15.6. The number of fused-ring (bicyclic) bond motifs is 3. The maximum atomic E-state index is 14.5. The number of methoxy groups -OCH3 is 2. The molecule has 0 saturated carbocycles. The van der Waals surface area contributed by atoms with Crippen LogP contribution in [0.3, 0.4) is 0 Å². The number of aromatic nitrogens is 2. The standard InChI is InChI=1S/C55H59N4O10P/c1-35(2)51(36(3)4)70(67-32-14-30-56)69-50-47(34-66-55(37-15-8-7-9-16-37,38-21-25-40(63-5)26-22-38)39-23-27-41(64-6)28-24-39)68-52(59-31-29-48(60)57-53(59)61)49(50)58-54(62)65-33-46-44-19-12-10-17-42(44)43-18-11-13-20-45(43)46/h7-13,15-29,31,35-36,46-47,49-52H,14,32-34H2,1-6H3,(H,58,62)(H,57,60,61)/t47-,49-,50-,52-,70?/m0/s1. The number of amides is 1. The lowest BCUT2D eigenvalue weighted by molar-refractivity contribution is -0.0922. The Bertz CT molecular complexity index is 2760. The summed E-state index contributed by atoms with van der Waals surface area (Å²) >= 11 is 0. The van der Waals surface area contributed by atoms with Crippen molar-refractivity contribution in [3.8, 4) is 28.7 Å². The Labute approximate surface area is 409 Å². The first kappa shape index (κ1) is 49.8. The molecular weight excluding hydrogens is 908 g/mol. The predicted molar refractivity (Wildman–Crippen MR) is 267 cm³/mol. The van der Waals surface area contributed by atoms with Gasteiger partial charge < -0.3 is 38.0 Å². The fourth-order valence-corrected chi connectivity index (χ4v) is 11.9. The zero-order valence-corrected chi connectivity index (χ0v) is 41.0. The van der Waals surface area contributed by atoms with Crippen LogP contribution in [0.15, 0.2) is 149 Å². The number of aromatic amines is 1. The van der Waals surface area contributed by atoms with Gasteiger partial charge in [-0.15, -0.1) is 0 Å². The molecule has 5 aromatic carbocycles. The summed E-state index contributed by atoms with van der Waals surface area (Å²) in [5.41, 5.74) is 3.78. The van der Waals surface area contributed by atoms with Crippen LogP contribution >= 0.6 is 8.38 Å². The molecule has 2 aliphatic rings. The second kappa shape index (κ2) is 22.4. The lowest BCUT2D eigenvalue weighted by Gasteiger charge is -2.38. The first-order valence-corrected chi connectivity index (χ1v) is 24.7. The largest absolute Gasteiger partial charge is 0.497 e. The number of benzene rings is 5. The Balaban J connectivity index is 1.22. The van der Waals surface area contributed by atoms with Crippen LogP contribution in [-0.4, -0.2) is 73.6 Å². The van der Waals surface area contributed by atoms with E-state index >= 15 is 0 Å². The van der Waals surface area contributed by atoms with E-state index in [0.29, 0.717) is 11.5 Å². The normalized spacial score (nSPS) is 18.1. The summed E-state index contributed by atoms with van der Waals surface area (Å²) in [4.78, 5) is 43.1. The number of nitrogens with one attached hydrogen (secondary N) is 2. The van der Waals surface area contributed by atoms with Gasteiger partial charge in [0, 0.05) is 23.8 Å². The molecular formula is C55H59N4O10P. The lowest BCUT2D eigenvalue weighted by Crippen LogP contribution is -2.50. The number of nitriles is 1. The Morgan fingerprint density at radius 2 is 1.33 bits per heavy atom. The number of carbonyl (C=O) groups excluding carboxylic acids is 1. The molecule has 15 heteroatoms. The molecule has 1 aliphatic heterocycles. The Morgan fingerprint density at radius 1 is 0.771 bits per heavy atom. The molecule has 8 rings (SSSR count). The molecule has 0 spiro atoms. The molecule has 0 radical (unpaired) electrons. The van der Waals surface area contributed by atoms with Gasteiger partial charge in [0.25, 0.3) is 5.56 Å². The van der Waals surface area contributed by atoms with Crippen molar-refractivity contribution < 1.29 is 37.5 Å². The summed E-state index contributed by atoms with van der Waals surface area (Å²) in [6, 6.07) is 43.5. The third kappa shape index (κ3) is 10.5. The number of hydrogen-bond acceptors (Lipinski definition) is 11. The van der Waals surface area contributed by atoms with E-state index in [4.69, 9.17) is 32.7 Å². The van der Waals surface area contributed by atoms with Crippen LogP contribution in [0.1, 0.15) is 74.1 Å². The quantitative estimate of drug-likeness (QED) is 0.0424. The summed E-state index contributed by atoms with van der Waals surface area (Å²) in [6.07, 6.45) is -2.63. The molecule has 14 nitrogen and oxygen atoms in total. The van der Waals surface area contributed by atoms with E-state index in [1.54, 1.807) is 14.2 Å². The van der Waals surface area contributed by atoms with E-state index in [-0.39, 0.29) is 49.7 Å². The average Bonchev–Trinajstić information content (AvgIpc) is 3.87. The molecule has 6 aromatic rings. The van der Waals surface area contributed by atoms with Gasteiger partial charge in [0.1, 0.15) is 42.0 Å². The van der Waals surface area contributed by atoms with E-state index < -0.39 is 55.8 Å². The molecule has 364 valence electrons. The van der Waals surface area contributed by atoms with E-state index in [9.17, 15) is 19.6 Å². The number of hydrogen-bond donors (Lipinski definition) is 2. The van der Waals surface area contributed by atoms with E-state index in [1.807, 2.05) is 115 Å². The van der Waals surface area contributed by atoms with Crippen molar-refractivity contribution in [1.29, 1.82) is 5.26 Å². The number of alkyl carbamates (subject to hydrolysis) is 1. The molecule has 1 saturated heterocycles. The number of nitrogens with zero attached hydrogens (tertiary/aromatic N) is 2. The molecule has 5 atom stereocenters. The molecule has 1 aliphatic carbocycles. The molecule has 1 aromatic heterocycles. The van der Waals surface area contributed by atoms with Crippen LogP contribution in [0.5, 0.6) is 11.5 Å². The van der Waals surface area contributed by atoms with Gasteiger partial charge in [-0.2, -0.15) is 5.26 Å². The fraction of sp³-hybridized carbons (Fsp3) is 0.345. The summed E-state index contributed by atoms with van der Waals surface area (Å²) in [5.74, 6) is 1.22. The number of carbonyl (C=O) groups is 1. The van der Waals surface area contributed by atoms with Crippen molar-refractivity contribution in [2.24, 2.45) is 11.8 Å². The van der Waals surface area contributed by atoms with E-state index in [1.165, 1.54) is 16.8 Å². The monoisotopic (exact) mass is 966 g/mol. The highest BCUT2D eigenvalue weighted by Crippen LogP contribution is 2.54. The third-order valence-electron chi connectivity index (χ3n) is 13.0. The van der Waals surface area contributed by atoms with Crippen molar-refractivity contribution in [2.45, 2.75) is 75.8 Å². The second-order valence-electron chi connectivity index (χ2n) is 18.0. The zero-order chi connectivity index (χ0) is 49.4. The van der Waals surface area contributed by atoms with Crippen molar-refractivity contribution in [3.05, 3.63) is 188 Å². The van der Waals surface area contributed by atoms with Crippen molar-refractivity contribution >= 4 is 14.5 Å². The highest BCUT2D eigenvalue weighted by Gasteiger charge is 2.52. The summed E-state index contributed by atoms with van der Waals surface area (Å²) in [6.45, 7) is 8.33. The molecule has 2 N–H and O–H groups in total. The first-order valence-electron chi connectivity index (χ1n) is 23.5. The molecule has 0 bridgehead atoms. The van der Waals surface area contributed by atoms with Gasteiger partial charge in [-0.3, -0.25) is 14.3 Å². The molecule has 70 heavy (non-hydrogen) atoms. The number of ether oxygens (including phenoxy) is 5. The second-order valence-corrected chi connectivity index (χ2v) is 19.6. The predicted octanol–water partition coefficient (Wildman–Crippen LogP) is 9.68. The molecule has 2 heterocycles. The smallest absolute Gasteiger partial charge is 0.407 e. The summed E-state index contributed by atoms with van der Waals surface area (Å²) < 4.78 is 46.6. The van der Waals surface area contributed by atoms with Gasteiger partial charge in [-0.05, 0) is 75.0 Å². The first-order chi connectivity index (χ1) is 34.0. The van der Waals surface area contributed by atoms with Gasteiger partial charge in [0.15, 0.2) is 14.6 Å². The zero-order valence-electron chi connectivity index (χ0n) is 40.2. The summed E-state index contributed by atoms with van der Waals surface area (Å²) in [7, 11) is 1.40. The number of rotatable bonds is 20. The van der Waals surface area contributed by atoms with Crippen LogP contribution in [0, 0.1) is 23.2 Å². The van der Waals surface area contributed by atoms with E-state index in [0.717, 1.165) is 38.9 Å². The average molecular weight is 967 g/mol. The topological polar surface area (TPSA) is 172 Å². The SMILES string of the molecule is COc1ccc(C(OC[C@@H]2O[C@H](n3ccc(=O)[nH]c3=O)[C@@H](NC(=O)OCC3c4ccccc4-c4ccccc43)[C@H]2OP(OCCC#N)C(C(C)C)C(C)C)(c2ccccc2)c2ccc(OC)cc2)cc1. The van der Waals surface area contributed by atoms with E-state index in [2.05, 4.69) is 56.2 Å². The Morgan fingerprint density at radius 3 is 1.87 bits per heavy atom. The highest BCUT2D eigenvalue weighted by molar-refractivity contribution is 7.48. The summed E-state index contributed by atoms with van der Waals surface area (Å²) in [5, 5.41) is 12.7. The minimum atomic E-state index is -1.81. The Kier molecular flexibility index (Phi) is 16.0. The number of H-pyrrole nitrogens is 1. The van der Waals surface area contributed by atoms with Crippen LogP contribution in [-0.2, 0) is 28.9 Å². The van der Waals surface area contributed by atoms with Crippen LogP contribution in [0.4, 0.5) is 4.79 Å². The maximum Gasteiger partial charge on any atom is 0.407 e.